The Hall–Kier alpha value is -2.70. The normalized spacial score (nSPS) is 11.9. The van der Waals surface area contributed by atoms with E-state index in [9.17, 15) is 9.59 Å². The second-order valence-electron chi connectivity index (χ2n) is 11.4. The monoisotopic (exact) mass is 600 g/mol. The number of aromatic nitrogens is 2. The third-order valence-electron chi connectivity index (χ3n) is 8.21. The van der Waals surface area contributed by atoms with Gasteiger partial charge >= 0.3 is 0 Å². The summed E-state index contributed by atoms with van der Waals surface area (Å²) < 4.78 is 0. The molecule has 4 nitrogen and oxygen atoms in total. The number of thioether (sulfide) groups is 2. The van der Waals surface area contributed by atoms with Crippen LogP contribution in [0.5, 0.6) is 0 Å². The Kier molecular flexibility index (Phi) is 11.1. The van der Waals surface area contributed by atoms with Crippen molar-refractivity contribution < 1.29 is 0 Å². The van der Waals surface area contributed by atoms with Gasteiger partial charge < -0.3 is 9.97 Å². The summed E-state index contributed by atoms with van der Waals surface area (Å²) in [5.41, 5.74) is 3.15. The molecule has 6 heteroatoms. The number of pyridine rings is 2. The summed E-state index contributed by atoms with van der Waals surface area (Å²) >= 11 is 3.60. The fourth-order valence-corrected chi connectivity index (χ4v) is 7.97. The van der Waals surface area contributed by atoms with Crippen LogP contribution in [-0.4, -0.2) is 21.5 Å². The fourth-order valence-electron chi connectivity index (χ4n) is 5.83. The molecule has 0 saturated heterocycles. The minimum atomic E-state index is 0.00635. The lowest BCUT2D eigenvalue weighted by Gasteiger charge is -2.11. The maximum absolute atomic E-state index is 13.9. The summed E-state index contributed by atoms with van der Waals surface area (Å²) in [6.07, 6.45) is 15.2. The number of hydrogen-bond acceptors (Lipinski definition) is 4. The molecule has 222 valence electrons. The van der Waals surface area contributed by atoms with Crippen LogP contribution in [0.4, 0.5) is 0 Å². The van der Waals surface area contributed by atoms with Gasteiger partial charge in [-0.2, -0.15) is 0 Å². The van der Waals surface area contributed by atoms with Crippen molar-refractivity contribution in [3.05, 3.63) is 69.0 Å². The van der Waals surface area contributed by atoms with Gasteiger partial charge in [0, 0.05) is 25.9 Å². The summed E-state index contributed by atoms with van der Waals surface area (Å²) in [5.74, 6) is 2.05. The van der Waals surface area contributed by atoms with Crippen LogP contribution in [0.2, 0.25) is 0 Å². The van der Waals surface area contributed by atoms with Gasteiger partial charge in [0.25, 0.3) is 0 Å². The van der Waals surface area contributed by atoms with Crippen molar-refractivity contribution in [3.8, 4) is 0 Å². The number of aromatic amines is 2. The van der Waals surface area contributed by atoms with E-state index in [1.54, 1.807) is 11.8 Å². The number of unbranched alkanes of at least 4 members (excludes halogenated alkanes) is 10. The summed E-state index contributed by atoms with van der Waals surface area (Å²) in [7, 11) is 0. The van der Waals surface area contributed by atoms with Crippen LogP contribution < -0.4 is 10.9 Å². The molecule has 5 aromatic rings. The Morgan fingerprint density at radius 2 is 1.10 bits per heavy atom. The molecule has 2 heterocycles. The minimum Gasteiger partial charge on any atom is -0.354 e. The van der Waals surface area contributed by atoms with E-state index >= 15 is 0 Å². The van der Waals surface area contributed by atoms with Crippen molar-refractivity contribution in [2.75, 3.05) is 11.5 Å². The third-order valence-corrected chi connectivity index (χ3v) is 10.5. The smallest absolute Gasteiger partial charge is 0.198 e. The van der Waals surface area contributed by atoms with Gasteiger partial charge in [-0.25, -0.2) is 0 Å². The van der Waals surface area contributed by atoms with E-state index in [0.29, 0.717) is 21.7 Å². The van der Waals surface area contributed by atoms with Crippen LogP contribution in [0.1, 0.15) is 90.9 Å². The first-order valence-corrected chi connectivity index (χ1v) is 17.9. The lowest BCUT2D eigenvalue weighted by Crippen LogP contribution is -2.09. The molecular formula is C36H44N2O2S2. The summed E-state index contributed by atoms with van der Waals surface area (Å²) in [4.78, 5) is 36.7. The van der Waals surface area contributed by atoms with Crippen LogP contribution in [-0.2, 0) is 0 Å². The quantitative estimate of drug-likeness (QED) is 0.0672. The van der Waals surface area contributed by atoms with Gasteiger partial charge in [0.05, 0.1) is 27.5 Å². The van der Waals surface area contributed by atoms with Crippen LogP contribution in [0.15, 0.2) is 67.9 Å². The Labute approximate surface area is 257 Å². The molecule has 0 aliphatic rings. The molecule has 42 heavy (non-hydrogen) atoms. The molecule has 0 amide bonds. The van der Waals surface area contributed by atoms with Gasteiger partial charge in [-0.15, -0.1) is 23.5 Å². The van der Waals surface area contributed by atoms with E-state index in [-0.39, 0.29) is 10.9 Å². The number of fused-ring (bicyclic) bond motifs is 4. The molecule has 0 spiro atoms. The van der Waals surface area contributed by atoms with Gasteiger partial charge in [0.15, 0.2) is 10.9 Å². The Balaban J connectivity index is 1.44. The predicted octanol–water partition coefficient (Wildman–Crippen LogP) is 10.6. The zero-order chi connectivity index (χ0) is 29.3. The van der Waals surface area contributed by atoms with Crippen molar-refractivity contribution in [1.82, 2.24) is 9.97 Å². The number of hydrogen-bond donors (Lipinski definition) is 2. The first-order chi connectivity index (χ1) is 20.6. The summed E-state index contributed by atoms with van der Waals surface area (Å²) in [6.45, 7) is 4.49. The van der Waals surface area contributed by atoms with Gasteiger partial charge in [0.2, 0.25) is 0 Å². The predicted molar refractivity (Wildman–Crippen MR) is 186 cm³/mol. The molecule has 0 bridgehead atoms. The number of benzene rings is 3. The number of rotatable bonds is 16. The molecule has 0 aliphatic carbocycles. The summed E-state index contributed by atoms with van der Waals surface area (Å²) in [6, 6.07) is 15.8. The topological polar surface area (TPSA) is 65.7 Å². The number of nitrogens with one attached hydrogen (secondary N) is 2. The zero-order valence-electron chi connectivity index (χ0n) is 25.2. The second-order valence-corrected chi connectivity index (χ2v) is 13.7. The van der Waals surface area contributed by atoms with E-state index in [2.05, 4.69) is 35.9 Å². The van der Waals surface area contributed by atoms with E-state index in [4.69, 9.17) is 0 Å². The van der Waals surface area contributed by atoms with Gasteiger partial charge in [-0.05, 0) is 60.7 Å². The van der Waals surface area contributed by atoms with E-state index in [1.165, 1.54) is 70.6 Å². The maximum Gasteiger partial charge on any atom is 0.198 e. The van der Waals surface area contributed by atoms with Crippen molar-refractivity contribution in [2.45, 2.75) is 101 Å². The largest absolute Gasteiger partial charge is 0.354 e. The highest BCUT2D eigenvalue weighted by Gasteiger charge is 2.14. The average molecular weight is 601 g/mol. The van der Waals surface area contributed by atoms with Crippen LogP contribution >= 0.6 is 23.5 Å². The average Bonchev–Trinajstić information content (AvgIpc) is 3.00. The fraction of sp³-hybridized carbons (Fsp3) is 0.444. The summed E-state index contributed by atoms with van der Waals surface area (Å²) in [5, 5.41) is 2.68. The second kappa shape index (κ2) is 15.2. The highest BCUT2D eigenvalue weighted by Crippen LogP contribution is 2.31. The molecule has 2 aromatic heterocycles. The SMILES string of the molecule is CCCCCCCCSc1cccc2c(=O)c3cc4[nH]c5cccc(SCCCCCCCC)c5c(=O)c4cc3[nH]c12. The van der Waals surface area contributed by atoms with Crippen LogP contribution in [0, 0.1) is 0 Å². The molecule has 3 aromatic carbocycles. The van der Waals surface area contributed by atoms with E-state index in [0.717, 1.165) is 49.7 Å². The van der Waals surface area contributed by atoms with Crippen molar-refractivity contribution in [3.63, 3.8) is 0 Å². The number of para-hydroxylation sites is 1. The Morgan fingerprint density at radius 3 is 1.79 bits per heavy atom. The van der Waals surface area contributed by atoms with Crippen molar-refractivity contribution in [2.24, 2.45) is 0 Å². The molecule has 0 fully saturated rings. The number of H-pyrrole nitrogens is 2. The lowest BCUT2D eigenvalue weighted by molar-refractivity contribution is 0.627. The molecular weight excluding hydrogens is 557 g/mol. The highest BCUT2D eigenvalue weighted by atomic mass is 32.2. The minimum absolute atomic E-state index is 0.00635. The molecule has 0 radical (unpaired) electrons. The standard InChI is InChI=1S/C36H44N2O2S2/c1-3-5-7-9-11-13-21-41-31-19-16-18-28-33(31)36(40)27-24-30-26(23-29(27)37-28)35(39)25-17-15-20-32(34(25)38-30)42-22-14-12-10-8-6-4-2/h15-20,23-24H,3-14,21-22H2,1-2H3,(H,37,40)(H,38,39). The van der Waals surface area contributed by atoms with Crippen LogP contribution in [0.3, 0.4) is 0 Å². The van der Waals surface area contributed by atoms with Gasteiger partial charge in [-0.3, -0.25) is 9.59 Å². The maximum atomic E-state index is 13.9. The Morgan fingerprint density at radius 1 is 0.548 bits per heavy atom. The lowest BCUT2D eigenvalue weighted by atomic mass is 10.1. The molecule has 5 rings (SSSR count). The molecule has 0 unspecified atom stereocenters. The molecule has 0 aliphatic heterocycles. The first kappa shape index (κ1) is 30.7. The molecule has 0 atom stereocenters. The van der Waals surface area contributed by atoms with Gasteiger partial charge in [0.1, 0.15) is 0 Å². The first-order valence-electron chi connectivity index (χ1n) is 16.0. The van der Waals surface area contributed by atoms with E-state index < -0.39 is 0 Å². The van der Waals surface area contributed by atoms with Crippen LogP contribution in [0.25, 0.3) is 43.6 Å². The zero-order valence-corrected chi connectivity index (χ0v) is 26.8. The van der Waals surface area contributed by atoms with E-state index in [1.807, 2.05) is 48.2 Å². The van der Waals surface area contributed by atoms with Crippen molar-refractivity contribution in [1.29, 1.82) is 0 Å². The van der Waals surface area contributed by atoms with Gasteiger partial charge in [-0.1, -0.05) is 90.2 Å². The molecule has 0 saturated carbocycles. The molecule has 2 N–H and O–H groups in total. The Bertz CT molecular complexity index is 1770. The van der Waals surface area contributed by atoms with Crippen molar-refractivity contribution >= 4 is 67.1 Å². The third kappa shape index (κ3) is 7.08. The highest BCUT2D eigenvalue weighted by molar-refractivity contribution is 7.99.